The zero-order valence-corrected chi connectivity index (χ0v) is 16.3. The number of nitrogens with zero attached hydrogens (tertiary/aromatic N) is 3. The molecule has 1 aliphatic heterocycles. The molecule has 0 saturated carbocycles. The van der Waals surface area contributed by atoms with Crippen molar-refractivity contribution in [2.24, 2.45) is 7.05 Å². The summed E-state index contributed by atoms with van der Waals surface area (Å²) in [5, 5.41) is 0. The van der Waals surface area contributed by atoms with Crippen LogP contribution in [0.1, 0.15) is 30.1 Å². The summed E-state index contributed by atoms with van der Waals surface area (Å²) in [6.07, 6.45) is 1.56. The fourth-order valence-electron chi connectivity index (χ4n) is 3.93. The number of piperidine rings is 1. The van der Waals surface area contributed by atoms with Gasteiger partial charge in [-0.25, -0.2) is 26.5 Å². The Hall–Kier alpha value is -2.32. The van der Waals surface area contributed by atoms with Gasteiger partial charge < -0.3 is 4.57 Å². The average molecular weight is 405 g/mol. The number of hydrogen-bond acceptors (Lipinski definition) is 3. The summed E-state index contributed by atoms with van der Waals surface area (Å²) in [5.41, 5.74) is 2.00. The summed E-state index contributed by atoms with van der Waals surface area (Å²) in [7, 11) is -1.75. The standard InChI is InChI=1S/C20H21F2N3O2S/c1-24-19-7-3-2-6-18(19)23-20(24)15-5-4-8-25(12-15)28(26,27)13-14-9-16(21)11-17(22)10-14/h2-3,6-7,9-11,15H,4-5,8,12-13H2,1H3. The first-order valence-corrected chi connectivity index (χ1v) is 10.8. The van der Waals surface area contributed by atoms with E-state index in [9.17, 15) is 17.2 Å². The van der Waals surface area contributed by atoms with Gasteiger partial charge in [-0.15, -0.1) is 0 Å². The first kappa shape index (κ1) is 19.0. The topological polar surface area (TPSA) is 55.2 Å². The minimum Gasteiger partial charge on any atom is -0.331 e. The van der Waals surface area contributed by atoms with Crippen LogP contribution in [0.15, 0.2) is 42.5 Å². The molecule has 1 aliphatic rings. The summed E-state index contributed by atoms with van der Waals surface area (Å²) in [4.78, 5) is 4.70. The number of benzene rings is 2. The molecule has 8 heteroatoms. The third-order valence-electron chi connectivity index (χ3n) is 5.24. The number of aromatic nitrogens is 2. The van der Waals surface area contributed by atoms with Gasteiger partial charge in [0, 0.05) is 32.1 Å². The van der Waals surface area contributed by atoms with Gasteiger partial charge in [0.05, 0.1) is 16.8 Å². The zero-order chi connectivity index (χ0) is 19.9. The van der Waals surface area contributed by atoms with E-state index in [1.807, 2.05) is 35.9 Å². The number of sulfonamides is 1. The van der Waals surface area contributed by atoms with Crippen LogP contribution in [0.25, 0.3) is 11.0 Å². The largest absolute Gasteiger partial charge is 0.331 e. The smallest absolute Gasteiger partial charge is 0.218 e. The van der Waals surface area contributed by atoms with Crippen LogP contribution in [0.4, 0.5) is 8.78 Å². The molecule has 148 valence electrons. The number of rotatable bonds is 4. The fraction of sp³-hybridized carbons (Fsp3) is 0.350. The van der Waals surface area contributed by atoms with Crippen LogP contribution in [0.5, 0.6) is 0 Å². The number of hydrogen-bond donors (Lipinski definition) is 0. The van der Waals surface area contributed by atoms with E-state index >= 15 is 0 Å². The maximum atomic E-state index is 13.4. The van der Waals surface area contributed by atoms with E-state index in [0.29, 0.717) is 19.5 Å². The van der Waals surface area contributed by atoms with Crippen molar-refractivity contribution in [2.45, 2.75) is 24.5 Å². The molecule has 0 aliphatic carbocycles. The lowest BCUT2D eigenvalue weighted by molar-refractivity contribution is 0.306. The minimum absolute atomic E-state index is 0.0230. The Morgan fingerprint density at radius 1 is 1.14 bits per heavy atom. The summed E-state index contributed by atoms with van der Waals surface area (Å²) in [5.74, 6) is -1.14. The molecular weight excluding hydrogens is 384 g/mol. The number of halogens is 2. The fourth-order valence-corrected chi connectivity index (χ4v) is 5.52. The third kappa shape index (κ3) is 3.66. The molecule has 2 aromatic carbocycles. The normalized spacial score (nSPS) is 18.6. The van der Waals surface area contributed by atoms with Gasteiger partial charge in [-0.2, -0.15) is 0 Å². The van der Waals surface area contributed by atoms with Crippen molar-refractivity contribution >= 4 is 21.1 Å². The second kappa shape index (κ2) is 7.25. The second-order valence-corrected chi connectivity index (χ2v) is 9.22. The minimum atomic E-state index is -3.69. The van der Waals surface area contributed by atoms with Gasteiger partial charge in [0.1, 0.15) is 17.5 Å². The first-order valence-electron chi connectivity index (χ1n) is 9.17. The second-order valence-electron chi connectivity index (χ2n) is 7.25. The van der Waals surface area contributed by atoms with E-state index in [1.54, 1.807) is 0 Å². The molecule has 1 fully saturated rings. The van der Waals surface area contributed by atoms with Crippen molar-refractivity contribution in [3.63, 3.8) is 0 Å². The molecule has 28 heavy (non-hydrogen) atoms. The van der Waals surface area contributed by atoms with Crippen molar-refractivity contribution in [1.82, 2.24) is 13.9 Å². The number of para-hydroxylation sites is 2. The molecule has 0 radical (unpaired) electrons. The maximum Gasteiger partial charge on any atom is 0.218 e. The lowest BCUT2D eigenvalue weighted by atomic mass is 9.99. The molecule has 0 N–H and O–H groups in total. The van der Waals surface area contributed by atoms with Crippen molar-refractivity contribution in [3.8, 4) is 0 Å². The number of imidazole rings is 1. The monoisotopic (exact) mass is 405 g/mol. The van der Waals surface area contributed by atoms with Gasteiger partial charge in [-0.05, 0) is 42.7 Å². The highest BCUT2D eigenvalue weighted by molar-refractivity contribution is 7.88. The van der Waals surface area contributed by atoms with E-state index in [0.717, 1.165) is 41.5 Å². The molecule has 1 unspecified atom stereocenters. The van der Waals surface area contributed by atoms with Gasteiger partial charge in [0.15, 0.2) is 0 Å². The van der Waals surface area contributed by atoms with Crippen LogP contribution < -0.4 is 0 Å². The van der Waals surface area contributed by atoms with E-state index in [-0.39, 0.29) is 11.5 Å². The molecular formula is C20H21F2N3O2S. The Bertz CT molecular complexity index is 1110. The van der Waals surface area contributed by atoms with Crippen LogP contribution in [0, 0.1) is 11.6 Å². The molecule has 5 nitrogen and oxygen atoms in total. The van der Waals surface area contributed by atoms with Crippen LogP contribution in [-0.4, -0.2) is 35.4 Å². The Morgan fingerprint density at radius 3 is 2.57 bits per heavy atom. The SMILES string of the molecule is Cn1c(C2CCCN(S(=O)(=O)Cc3cc(F)cc(F)c3)C2)nc2ccccc21. The molecule has 3 aromatic rings. The highest BCUT2D eigenvalue weighted by Gasteiger charge is 2.32. The summed E-state index contributed by atoms with van der Waals surface area (Å²) >= 11 is 0. The molecule has 0 amide bonds. The van der Waals surface area contributed by atoms with Gasteiger partial charge in [-0.3, -0.25) is 0 Å². The van der Waals surface area contributed by atoms with Crippen LogP contribution in [-0.2, 0) is 22.8 Å². The summed E-state index contributed by atoms with van der Waals surface area (Å²) in [6.45, 7) is 0.720. The predicted molar refractivity (Wildman–Crippen MR) is 103 cm³/mol. The molecule has 2 heterocycles. The van der Waals surface area contributed by atoms with Crippen molar-refractivity contribution in [2.75, 3.05) is 13.1 Å². The highest BCUT2D eigenvalue weighted by atomic mass is 32.2. The van der Waals surface area contributed by atoms with Crippen LogP contribution in [0.3, 0.4) is 0 Å². The molecule has 4 rings (SSSR count). The van der Waals surface area contributed by atoms with Gasteiger partial charge in [0.25, 0.3) is 0 Å². The number of fused-ring (bicyclic) bond motifs is 1. The van der Waals surface area contributed by atoms with E-state index < -0.39 is 27.4 Å². The quantitative estimate of drug-likeness (QED) is 0.667. The molecule has 1 saturated heterocycles. The van der Waals surface area contributed by atoms with Gasteiger partial charge in [0.2, 0.25) is 10.0 Å². The Morgan fingerprint density at radius 2 is 1.86 bits per heavy atom. The van der Waals surface area contributed by atoms with Gasteiger partial charge >= 0.3 is 0 Å². The Labute approximate surface area is 162 Å². The van der Waals surface area contributed by atoms with Gasteiger partial charge in [-0.1, -0.05) is 12.1 Å². The lowest BCUT2D eigenvalue weighted by Crippen LogP contribution is -2.40. The summed E-state index contributed by atoms with van der Waals surface area (Å²) in [6, 6.07) is 10.7. The zero-order valence-electron chi connectivity index (χ0n) is 15.5. The van der Waals surface area contributed by atoms with E-state index in [2.05, 4.69) is 0 Å². The molecule has 1 atom stereocenters. The molecule has 0 bridgehead atoms. The lowest BCUT2D eigenvalue weighted by Gasteiger charge is -2.31. The Balaban J connectivity index is 1.58. The van der Waals surface area contributed by atoms with Crippen LogP contribution in [0.2, 0.25) is 0 Å². The maximum absolute atomic E-state index is 13.4. The first-order chi connectivity index (χ1) is 13.3. The average Bonchev–Trinajstić information content (AvgIpc) is 2.98. The van der Waals surface area contributed by atoms with Crippen molar-refractivity contribution in [1.29, 1.82) is 0 Å². The van der Waals surface area contributed by atoms with Crippen LogP contribution >= 0.6 is 0 Å². The van der Waals surface area contributed by atoms with E-state index in [1.165, 1.54) is 4.31 Å². The van der Waals surface area contributed by atoms with E-state index in [4.69, 9.17) is 4.98 Å². The number of aryl methyl sites for hydroxylation is 1. The molecule has 0 spiro atoms. The van der Waals surface area contributed by atoms with Crippen molar-refractivity contribution in [3.05, 3.63) is 65.5 Å². The summed E-state index contributed by atoms with van der Waals surface area (Å²) < 4.78 is 56.0. The highest BCUT2D eigenvalue weighted by Crippen LogP contribution is 2.30. The molecule has 1 aromatic heterocycles. The van der Waals surface area contributed by atoms with Crippen molar-refractivity contribution < 1.29 is 17.2 Å². The predicted octanol–water partition coefficient (Wildman–Crippen LogP) is 3.56. The Kier molecular flexibility index (Phi) is 4.93. The third-order valence-corrected chi connectivity index (χ3v) is 7.05.